The van der Waals surface area contributed by atoms with Crippen LogP contribution < -0.4 is 5.32 Å². The minimum Gasteiger partial charge on any atom is -0.309 e. The molecule has 15 heavy (non-hydrogen) atoms. The van der Waals surface area contributed by atoms with Gasteiger partial charge in [0.05, 0.1) is 17.2 Å². The van der Waals surface area contributed by atoms with Crippen molar-refractivity contribution in [3.05, 3.63) is 46.2 Å². The standard InChI is InChI=1S/C11H13N3S/c1-8-11(15-7-14-8)10(12-2)9-4-3-5-13-6-9/h3-7,10,12H,1-2H3. The van der Waals surface area contributed by atoms with Crippen LogP contribution in [0.25, 0.3) is 0 Å². The van der Waals surface area contributed by atoms with Gasteiger partial charge in [-0.05, 0) is 25.6 Å². The summed E-state index contributed by atoms with van der Waals surface area (Å²) in [6, 6.07) is 4.23. The highest BCUT2D eigenvalue weighted by molar-refractivity contribution is 7.09. The number of aryl methyl sites for hydroxylation is 1. The Balaban J connectivity index is 2.37. The van der Waals surface area contributed by atoms with E-state index in [-0.39, 0.29) is 6.04 Å². The van der Waals surface area contributed by atoms with Gasteiger partial charge in [0.15, 0.2) is 0 Å². The third-order valence-corrected chi connectivity index (χ3v) is 3.35. The zero-order valence-electron chi connectivity index (χ0n) is 8.77. The van der Waals surface area contributed by atoms with E-state index in [4.69, 9.17) is 0 Å². The van der Waals surface area contributed by atoms with Gasteiger partial charge in [-0.25, -0.2) is 4.98 Å². The van der Waals surface area contributed by atoms with Crippen molar-refractivity contribution in [2.24, 2.45) is 0 Å². The van der Waals surface area contributed by atoms with Crippen LogP contribution in [0, 0.1) is 6.92 Å². The lowest BCUT2D eigenvalue weighted by atomic mass is 10.1. The summed E-state index contributed by atoms with van der Waals surface area (Å²) in [5.41, 5.74) is 4.14. The van der Waals surface area contributed by atoms with E-state index < -0.39 is 0 Å². The van der Waals surface area contributed by atoms with Crippen molar-refractivity contribution < 1.29 is 0 Å². The Kier molecular flexibility index (Phi) is 3.08. The monoisotopic (exact) mass is 219 g/mol. The fourth-order valence-electron chi connectivity index (χ4n) is 1.58. The van der Waals surface area contributed by atoms with E-state index in [1.165, 1.54) is 10.4 Å². The highest BCUT2D eigenvalue weighted by Crippen LogP contribution is 2.26. The molecule has 78 valence electrons. The lowest BCUT2D eigenvalue weighted by molar-refractivity contribution is 0.694. The molecular formula is C11H13N3S. The number of thiazole rings is 1. The molecule has 1 unspecified atom stereocenters. The van der Waals surface area contributed by atoms with Crippen LogP contribution in [0.1, 0.15) is 22.2 Å². The van der Waals surface area contributed by atoms with Crippen LogP contribution in [0.3, 0.4) is 0 Å². The van der Waals surface area contributed by atoms with Gasteiger partial charge in [-0.2, -0.15) is 0 Å². The predicted molar refractivity (Wildman–Crippen MR) is 62.0 cm³/mol. The van der Waals surface area contributed by atoms with Crippen molar-refractivity contribution in [2.75, 3.05) is 7.05 Å². The average Bonchev–Trinajstić information content (AvgIpc) is 2.68. The molecule has 0 bridgehead atoms. The minimum atomic E-state index is 0.200. The highest BCUT2D eigenvalue weighted by atomic mass is 32.1. The molecule has 0 fully saturated rings. The van der Waals surface area contributed by atoms with E-state index in [0.717, 1.165) is 5.69 Å². The molecule has 0 aliphatic heterocycles. The molecule has 0 saturated heterocycles. The van der Waals surface area contributed by atoms with Crippen LogP contribution >= 0.6 is 11.3 Å². The van der Waals surface area contributed by atoms with Gasteiger partial charge in [-0.3, -0.25) is 4.98 Å². The van der Waals surface area contributed by atoms with Crippen molar-refractivity contribution in [2.45, 2.75) is 13.0 Å². The van der Waals surface area contributed by atoms with Gasteiger partial charge in [0, 0.05) is 17.3 Å². The van der Waals surface area contributed by atoms with Gasteiger partial charge < -0.3 is 5.32 Å². The zero-order valence-corrected chi connectivity index (χ0v) is 9.58. The van der Waals surface area contributed by atoms with Crippen molar-refractivity contribution in [3.63, 3.8) is 0 Å². The Labute approximate surface area is 93.2 Å². The van der Waals surface area contributed by atoms with E-state index in [0.29, 0.717) is 0 Å². The Hall–Kier alpha value is -1.26. The molecule has 2 aromatic rings. The van der Waals surface area contributed by atoms with E-state index >= 15 is 0 Å². The Morgan fingerprint density at radius 3 is 2.87 bits per heavy atom. The molecule has 2 heterocycles. The quantitative estimate of drug-likeness (QED) is 0.859. The molecule has 2 rings (SSSR count). The van der Waals surface area contributed by atoms with E-state index in [1.54, 1.807) is 17.5 Å². The molecule has 2 aromatic heterocycles. The first kappa shape index (κ1) is 10.3. The maximum absolute atomic E-state index is 4.27. The molecule has 0 spiro atoms. The number of aromatic nitrogens is 2. The zero-order chi connectivity index (χ0) is 10.7. The van der Waals surface area contributed by atoms with Crippen molar-refractivity contribution in [1.82, 2.24) is 15.3 Å². The predicted octanol–water partition coefficient (Wildman–Crippen LogP) is 2.16. The first-order chi connectivity index (χ1) is 7.33. The molecule has 0 radical (unpaired) electrons. The topological polar surface area (TPSA) is 37.8 Å². The number of nitrogens with zero attached hydrogens (tertiary/aromatic N) is 2. The second-order valence-corrected chi connectivity index (χ2v) is 4.20. The maximum atomic E-state index is 4.27. The maximum Gasteiger partial charge on any atom is 0.0798 e. The first-order valence-corrected chi connectivity index (χ1v) is 5.68. The minimum absolute atomic E-state index is 0.200. The second kappa shape index (κ2) is 4.51. The Morgan fingerprint density at radius 2 is 2.33 bits per heavy atom. The summed E-state index contributed by atoms with van der Waals surface area (Å²) in [5.74, 6) is 0. The number of pyridine rings is 1. The van der Waals surface area contributed by atoms with Gasteiger partial charge in [0.1, 0.15) is 0 Å². The summed E-state index contributed by atoms with van der Waals surface area (Å²) in [6.45, 7) is 2.03. The normalized spacial score (nSPS) is 12.7. The summed E-state index contributed by atoms with van der Waals surface area (Å²) in [4.78, 5) is 9.66. The highest BCUT2D eigenvalue weighted by Gasteiger charge is 2.15. The molecule has 0 saturated carbocycles. The molecule has 0 aromatic carbocycles. The van der Waals surface area contributed by atoms with Gasteiger partial charge >= 0.3 is 0 Å². The summed E-state index contributed by atoms with van der Waals surface area (Å²) in [7, 11) is 1.96. The van der Waals surface area contributed by atoms with E-state index in [1.807, 2.05) is 31.7 Å². The second-order valence-electron chi connectivity index (χ2n) is 3.31. The van der Waals surface area contributed by atoms with Gasteiger partial charge in [-0.15, -0.1) is 11.3 Å². The molecule has 1 N–H and O–H groups in total. The SMILES string of the molecule is CNC(c1cccnc1)c1scnc1C. The van der Waals surface area contributed by atoms with Crippen molar-refractivity contribution in [3.8, 4) is 0 Å². The fraction of sp³-hybridized carbons (Fsp3) is 0.273. The lowest BCUT2D eigenvalue weighted by Crippen LogP contribution is -2.17. The van der Waals surface area contributed by atoms with Crippen molar-refractivity contribution in [1.29, 1.82) is 0 Å². The molecule has 1 atom stereocenters. The van der Waals surface area contributed by atoms with Crippen LogP contribution in [-0.2, 0) is 0 Å². The Bertz CT molecular complexity index is 424. The average molecular weight is 219 g/mol. The summed E-state index contributed by atoms with van der Waals surface area (Å²) < 4.78 is 0. The molecular weight excluding hydrogens is 206 g/mol. The molecule has 4 heteroatoms. The van der Waals surface area contributed by atoms with Crippen LogP contribution in [-0.4, -0.2) is 17.0 Å². The number of hydrogen-bond donors (Lipinski definition) is 1. The summed E-state index contributed by atoms with van der Waals surface area (Å²) in [6.07, 6.45) is 3.68. The third kappa shape index (κ3) is 2.06. The summed E-state index contributed by atoms with van der Waals surface area (Å²) in [5, 5.41) is 3.29. The molecule has 3 nitrogen and oxygen atoms in total. The summed E-state index contributed by atoms with van der Waals surface area (Å²) >= 11 is 1.68. The smallest absolute Gasteiger partial charge is 0.0798 e. The van der Waals surface area contributed by atoms with Crippen LogP contribution in [0.15, 0.2) is 30.0 Å². The Morgan fingerprint density at radius 1 is 1.47 bits per heavy atom. The fourth-order valence-corrected chi connectivity index (χ4v) is 2.52. The molecule has 0 aliphatic carbocycles. The third-order valence-electron chi connectivity index (χ3n) is 2.35. The van der Waals surface area contributed by atoms with Crippen LogP contribution in [0.2, 0.25) is 0 Å². The largest absolute Gasteiger partial charge is 0.309 e. The van der Waals surface area contributed by atoms with Gasteiger partial charge in [0.25, 0.3) is 0 Å². The number of nitrogens with one attached hydrogen (secondary N) is 1. The van der Waals surface area contributed by atoms with Gasteiger partial charge in [-0.1, -0.05) is 6.07 Å². The number of hydrogen-bond acceptors (Lipinski definition) is 4. The lowest BCUT2D eigenvalue weighted by Gasteiger charge is -2.14. The van der Waals surface area contributed by atoms with Crippen LogP contribution in [0.5, 0.6) is 0 Å². The molecule has 0 amide bonds. The molecule has 0 aliphatic rings. The van der Waals surface area contributed by atoms with E-state index in [2.05, 4.69) is 21.4 Å². The van der Waals surface area contributed by atoms with E-state index in [9.17, 15) is 0 Å². The van der Waals surface area contributed by atoms with Crippen molar-refractivity contribution >= 4 is 11.3 Å². The van der Waals surface area contributed by atoms with Crippen LogP contribution in [0.4, 0.5) is 0 Å². The van der Waals surface area contributed by atoms with Gasteiger partial charge in [0.2, 0.25) is 0 Å². The number of rotatable bonds is 3. The first-order valence-electron chi connectivity index (χ1n) is 4.80.